The number of nitrogens with zero attached hydrogens (tertiary/aromatic N) is 1. The first-order valence-corrected chi connectivity index (χ1v) is 9.75. The average molecular weight is 387 g/mol. The lowest BCUT2D eigenvalue weighted by atomic mass is 9.97. The molecule has 0 radical (unpaired) electrons. The molecule has 2 aromatic carbocycles. The van der Waals surface area contributed by atoms with E-state index in [0.717, 1.165) is 54.4 Å². The smallest absolute Gasteiger partial charge is 0.316 e. The summed E-state index contributed by atoms with van der Waals surface area (Å²) in [5.74, 6) is 0.368. The van der Waals surface area contributed by atoms with E-state index in [-0.39, 0.29) is 5.97 Å². The molecular formula is C22H27ClN2O2. The van der Waals surface area contributed by atoms with Gasteiger partial charge in [-0.25, -0.2) is 0 Å². The molecular weight excluding hydrogens is 360 g/mol. The van der Waals surface area contributed by atoms with Gasteiger partial charge in [0.1, 0.15) is 5.75 Å². The van der Waals surface area contributed by atoms with Crippen molar-refractivity contribution in [2.75, 3.05) is 26.2 Å². The van der Waals surface area contributed by atoms with Crippen LogP contribution < -0.4 is 10.1 Å². The van der Waals surface area contributed by atoms with Gasteiger partial charge in [-0.1, -0.05) is 29.8 Å². The third-order valence-electron chi connectivity index (χ3n) is 4.66. The number of nitrogens with one attached hydrogen (secondary N) is 1. The van der Waals surface area contributed by atoms with Crippen LogP contribution >= 0.6 is 11.6 Å². The zero-order valence-electron chi connectivity index (χ0n) is 16.2. The normalized spacial score (nSPS) is 15.6. The minimum Gasteiger partial charge on any atom is -0.426 e. The van der Waals surface area contributed by atoms with Crippen molar-refractivity contribution in [3.63, 3.8) is 0 Å². The van der Waals surface area contributed by atoms with Crippen LogP contribution in [0.25, 0.3) is 11.1 Å². The first-order chi connectivity index (χ1) is 12.8. The van der Waals surface area contributed by atoms with Crippen LogP contribution in [0.2, 0.25) is 5.02 Å². The molecule has 0 unspecified atom stereocenters. The van der Waals surface area contributed by atoms with Crippen LogP contribution in [0.15, 0.2) is 42.5 Å². The monoisotopic (exact) mass is 386 g/mol. The van der Waals surface area contributed by atoms with Gasteiger partial charge < -0.3 is 10.1 Å². The highest BCUT2D eigenvalue weighted by Gasteiger charge is 2.24. The van der Waals surface area contributed by atoms with Crippen molar-refractivity contribution in [1.82, 2.24) is 10.2 Å². The van der Waals surface area contributed by atoms with E-state index in [9.17, 15) is 4.79 Å². The number of ether oxygens (including phenoxy) is 1. The Morgan fingerprint density at radius 1 is 1.11 bits per heavy atom. The third-order valence-corrected chi connectivity index (χ3v) is 4.91. The molecule has 1 saturated heterocycles. The van der Waals surface area contributed by atoms with Crippen LogP contribution in [0, 0.1) is 5.41 Å². The number of carbonyl (C=O) groups is 1. The first-order valence-electron chi connectivity index (χ1n) is 9.37. The zero-order chi connectivity index (χ0) is 19.4. The molecule has 27 heavy (non-hydrogen) atoms. The lowest BCUT2D eigenvalue weighted by Gasteiger charge is -2.28. The summed E-state index contributed by atoms with van der Waals surface area (Å²) < 4.78 is 5.63. The first kappa shape index (κ1) is 19.9. The highest BCUT2D eigenvalue weighted by Crippen LogP contribution is 2.30. The number of benzene rings is 2. The fraction of sp³-hybridized carbons (Fsp3) is 0.409. The lowest BCUT2D eigenvalue weighted by Crippen LogP contribution is -2.42. The minimum absolute atomic E-state index is 0.227. The molecule has 144 valence electrons. The highest BCUT2D eigenvalue weighted by molar-refractivity contribution is 6.30. The van der Waals surface area contributed by atoms with Crippen molar-refractivity contribution in [1.29, 1.82) is 0 Å². The summed E-state index contributed by atoms with van der Waals surface area (Å²) in [6.07, 6.45) is 0. The maximum absolute atomic E-state index is 12.3. The number of hydrogen-bond donors (Lipinski definition) is 1. The summed E-state index contributed by atoms with van der Waals surface area (Å²) in [6, 6.07) is 13.8. The summed E-state index contributed by atoms with van der Waals surface area (Å²) in [5, 5.41) is 4.10. The Bertz CT molecular complexity index is 791. The van der Waals surface area contributed by atoms with Crippen LogP contribution in [0.4, 0.5) is 0 Å². The molecule has 0 amide bonds. The van der Waals surface area contributed by atoms with Crippen LogP contribution in [-0.2, 0) is 11.3 Å². The highest BCUT2D eigenvalue weighted by atomic mass is 35.5. The molecule has 0 atom stereocenters. The number of esters is 1. The fourth-order valence-electron chi connectivity index (χ4n) is 3.05. The van der Waals surface area contributed by atoms with Crippen molar-refractivity contribution in [2.24, 2.45) is 5.41 Å². The van der Waals surface area contributed by atoms with Crippen molar-refractivity contribution in [3.8, 4) is 16.9 Å². The van der Waals surface area contributed by atoms with Crippen molar-refractivity contribution >= 4 is 17.6 Å². The van der Waals surface area contributed by atoms with E-state index in [4.69, 9.17) is 16.3 Å². The molecule has 0 aliphatic carbocycles. The number of rotatable bonds is 4. The average Bonchev–Trinajstić information content (AvgIpc) is 2.63. The maximum atomic E-state index is 12.3. The SMILES string of the molecule is CC(C)(C)C(=O)Oc1ccc(-c2ccc(Cl)cc2)c(CN2CCNCC2)c1. The topological polar surface area (TPSA) is 41.6 Å². The van der Waals surface area contributed by atoms with Crippen molar-refractivity contribution < 1.29 is 9.53 Å². The third kappa shape index (κ3) is 5.32. The predicted octanol–water partition coefficient (Wildman–Crippen LogP) is 4.36. The van der Waals surface area contributed by atoms with Gasteiger partial charge >= 0.3 is 5.97 Å². The van der Waals surface area contributed by atoms with Gasteiger partial charge in [0.2, 0.25) is 0 Å². The Morgan fingerprint density at radius 2 is 1.78 bits per heavy atom. The molecule has 1 N–H and O–H groups in total. The molecule has 3 rings (SSSR count). The van der Waals surface area contributed by atoms with E-state index >= 15 is 0 Å². The molecule has 0 bridgehead atoms. The van der Waals surface area contributed by atoms with Crippen LogP contribution in [0.1, 0.15) is 26.3 Å². The van der Waals surface area contributed by atoms with Crippen molar-refractivity contribution in [3.05, 3.63) is 53.1 Å². The number of piperazine rings is 1. The Morgan fingerprint density at radius 3 is 2.41 bits per heavy atom. The fourth-order valence-corrected chi connectivity index (χ4v) is 3.17. The Hall–Kier alpha value is -1.88. The number of hydrogen-bond acceptors (Lipinski definition) is 4. The minimum atomic E-state index is -0.534. The largest absolute Gasteiger partial charge is 0.426 e. The van der Waals surface area contributed by atoms with Crippen LogP contribution in [-0.4, -0.2) is 37.0 Å². The summed E-state index contributed by atoms with van der Waals surface area (Å²) in [5.41, 5.74) is 2.87. The van der Waals surface area contributed by atoms with E-state index in [1.165, 1.54) is 0 Å². The quantitative estimate of drug-likeness (QED) is 0.626. The molecule has 1 heterocycles. The lowest BCUT2D eigenvalue weighted by molar-refractivity contribution is -0.143. The second kappa shape index (κ2) is 8.42. The van der Waals surface area contributed by atoms with Gasteiger partial charge in [0.25, 0.3) is 0 Å². The molecule has 1 aliphatic rings. The molecule has 4 nitrogen and oxygen atoms in total. The van der Waals surface area contributed by atoms with E-state index in [0.29, 0.717) is 5.75 Å². The molecule has 2 aromatic rings. The van der Waals surface area contributed by atoms with Gasteiger partial charge in [0, 0.05) is 37.7 Å². The molecule has 5 heteroatoms. The maximum Gasteiger partial charge on any atom is 0.316 e. The zero-order valence-corrected chi connectivity index (χ0v) is 17.0. The van der Waals surface area contributed by atoms with Gasteiger partial charge in [0.05, 0.1) is 5.41 Å². The standard InChI is InChI=1S/C22H27ClN2O2/c1-22(2,3)21(26)27-19-8-9-20(16-4-6-18(23)7-5-16)17(14-19)15-25-12-10-24-11-13-25/h4-9,14,24H,10-13,15H2,1-3H3. The van der Waals surface area contributed by atoms with E-state index in [2.05, 4.69) is 10.2 Å². The summed E-state index contributed by atoms with van der Waals surface area (Å²) in [6.45, 7) is 10.4. The van der Waals surface area contributed by atoms with Gasteiger partial charge in [-0.05, 0) is 61.7 Å². The van der Waals surface area contributed by atoms with E-state index in [1.54, 1.807) is 0 Å². The van der Waals surface area contributed by atoms with Gasteiger partial charge in [-0.15, -0.1) is 0 Å². The van der Waals surface area contributed by atoms with Crippen LogP contribution in [0.5, 0.6) is 5.75 Å². The Balaban J connectivity index is 1.91. The molecule has 0 aromatic heterocycles. The number of halogens is 1. The van der Waals surface area contributed by atoms with Crippen LogP contribution in [0.3, 0.4) is 0 Å². The predicted molar refractivity (Wildman–Crippen MR) is 110 cm³/mol. The molecule has 0 saturated carbocycles. The van der Waals surface area contributed by atoms with E-state index in [1.807, 2.05) is 63.2 Å². The second-order valence-electron chi connectivity index (χ2n) is 7.99. The van der Waals surface area contributed by atoms with Gasteiger partial charge in [-0.3, -0.25) is 9.69 Å². The Kier molecular flexibility index (Phi) is 6.20. The number of carbonyl (C=O) groups excluding carboxylic acids is 1. The van der Waals surface area contributed by atoms with E-state index < -0.39 is 5.41 Å². The summed E-state index contributed by atoms with van der Waals surface area (Å²) in [7, 11) is 0. The second-order valence-corrected chi connectivity index (χ2v) is 8.43. The summed E-state index contributed by atoms with van der Waals surface area (Å²) >= 11 is 6.05. The summed E-state index contributed by atoms with van der Waals surface area (Å²) in [4.78, 5) is 14.7. The van der Waals surface area contributed by atoms with Gasteiger partial charge in [-0.2, -0.15) is 0 Å². The molecule has 1 fully saturated rings. The molecule has 0 spiro atoms. The Labute approximate surface area is 166 Å². The van der Waals surface area contributed by atoms with Gasteiger partial charge in [0.15, 0.2) is 0 Å². The molecule has 1 aliphatic heterocycles. The van der Waals surface area contributed by atoms with Crippen molar-refractivity contribution in [2.45, 2.75) is 27.3 Å².